The molecule has 1 amide bonds. The summed E-state index contributed by atoms with van der Waals surface area (Å²) in [7, 11) is 0. The lowest BCUT2D eigenvalue weighted by Gasteiger charge is -2.10. The van der Waals surface area contributed by atoms with Crippen molar-refractivity contribution in [3.8, 4) is 0 Å². The van der Waals surface area contributed by atoms with Gasteiger partial charge in [-0.15, -0.1) is 10.2 Å². The largest absolute Gasteiger partial charge is 0.353 e. The first kappa shape index (κ1) is 17.2. The molecule has 2 N–H and O–H groups in total. The molecule has 1 saturated carbocycles. The van der Waals surface area contributed by atoms with Crippen molar-refractivity contribution in [3.05, 3.63) is 29.3 Å². The van der Waals surface area contributed by atoms with Gasteiger partial charge in [0.05, 0.1) is 5.75 Å². The lowest BCUT2D eigenvalue weighted by Crippen LogP contribution is -2.33. The molecule has 1 aromatic carbocycles. The van der Waals surface area contributed by atoms with Gasteiger partial charge in [0.15, 0.2) is 4.34 Å². The van der Waals surface area contributed by atoms with Crippen LogP contribution in [0.3, 0.4) is 0 Å². The van der Waals surface area contributed by atoms with E-state index in [-0.39, 0.29) is 5.91 Å². The zero-order valence-electron chi connectivity index (χ0n) is 14.0. The highest BCUT2D eigenvalue weighted by Gasteiger charge is 2.17. The minimum absolute atomic E-state index is 0.0889. The fourth-order valence-corrected chi connectivity index (χ4v) is 4.43. The maximum absolute atomic E-state index is 12.0. The Kier molecular flexibility index (Phi) is 5.73. The molecule has 1 heterocycles. The number of nitrogens with zero attached hydrogens (tertiary/aromatic N) is 2. The summed E-state index contributed by atoms with van der Waals surface area (Å²) in [4.78, 5) is 12.0. The minimum Gasteiger partial charge on any atom is -0.353 e. The maximum Gasteiger partial charge on any atom is 0.230 e. The van der Waals surface area contributed by atoms with Gasteiger partial charge in [-0.3, -0.25) is 4.79 Å². The molecule has 1 aromatic heterocycles. The molecule has 0 unspecified atom stereocenters. The summed E-state index contributed by atoms with van der Waals surface area (Å²) in [6.07, 6.45) is 4.67. The Morgan fingerprint density at radius 1 is 1.29 bits per heavy atom. The van der Waals surface area contributed by atoms with E-state index >= 15 is 0 Å². The van der Waals surface area contributed by atoms with E-state index in [4.69, 9.17) is 0 Å². The molecule has 0 aliphatic heterocycles. The Hall–Kier alpha value is -1.60. The highest BCUT2D eigenvalue weighted by molar-refractivity contribution is 8.01. The molecule has 0 saturated heterocycles. The molecule has 7 heteroatoms. The number of hydrogen-bond acceptors (Lipinski definition) is 6. The van der Waals surface area contributed by atoms with Crippen LogP contribution in [0.2, 0.25) is 0 Å². The molecule has 5 nitrogen and oxygen atoms in total. The highest BCUT2D eigenvalue weighted by atomic mass is 32.2. The van der Waals surface area contributed by atoms with E-state index in [0.717, 1.165) is 28.0 Å². The summed E-state index contributed by atoms with van der Waals surface area (Å²) in [6, 6.07) is 6.62. The number of carbonyl (C=O) groups is 1. The van der Waals surface area contributed by atoms with Crippen LogP contribution in [0.1, 0.15) is 36.8 Å². The monoisotopic (exact) mass is 362 g/mol. The fourth-order valence-electron chi connectivity index (χ4n) is 2.85. The second-order valence-electron chi connectivity index (χ2n) is 6.15. The number of carbonyl (C=O) groups excluding carboxylic acids is 1. The third-order valence-electron chi connectivity index (χ3n) is 4.08. The van der Waals surface area contributed by atoms with Gasteiger partial charge in [-0.05, 0) is 38.3 Å². The van der Waals surface area contributed by atoms with E-state index in [0.29, 0.717) is 11.8 Å². The van der Waals surface area contributed by atoms with Crippen molar-refractivity contribution in [1.29, 1.82) is 0 Å². The lowest BCUT2D eigenvalue weighted by molar-refractivity contribution is -0.119. The third-order valence-corrected chi connectivity index (χ3v) is 6.05. The molecule has 1 fully saturated rings. The summed E-state index contributed by atoms with van der Waals surface area (Å²) >= 11 is 2.92. The summed E-state index contributed by atoms with van der Waals surface area (Å²) < 4.78 is 0.809. The van der Waals surface area contributed by atoms with Crippen LogP contribution in [-0.4, -0.2) is 27.9 Å². The first-order valence-electron chi connectivity index (χ1n) is 8.20. The predicted octanol–water partition coefficient (Wildman–Crippen LogP) is 4.05. The van der Waals surface area contributed by atoms with Crippen molar-refractivity contribution in [2.24, 2.45) is 0 Å². The highest BCUT2D eigenvalue weighted by Crippen LogP contribution is 2.29. The number of anilines is 2. The van der Waals surface area contributed by atoms with Crippen molar-refractivity contribution >= 4 is 39.8 Å². The van der Waals surface area contributed by atoms with Crippen LogP contribution < -0.4 is 10.6 Å². The lowest BCUT2D eigenvalue weighted by atomic mass is 10.1. The Labute approximate surface area is 150 Å². The summed E-state index contributed by atoms with van der Waals surface area (Å²) in [5, 5.41) is 15.5. The van der Waals surface area contributed by atoms with E-state index in [1.807, 2.05) is 6.07 Å². The van der Waals surface area contributed by atoms with Crippen molar-refractivity contribution in [3.63, 3.8) is 0 Å². The molecule has 24 heavy (non-hydrogen) atoms. The standard InChI is InChI=1S/C17H22N4OS2/c1-11-7-8-14(12(2)9-11)19-16-20-21-17(24-16)23-10-15(22)18-13-5-3-4-6-13/h7-9,13H,3-6,10H2,1-2H3,(H,18,22)(H,19,20). The smallest absolute Gasteiger partial charge is 0.230 e. The maximum atomic E-state index is 12.0. The molecule has 3 rings (SSSR count). The second-order valence-corrected chi connectivity index (χ2v) is 8.35. The van der Waals surface area contributed by atoms with E-state index in [1.165, 1.54) is 47.1 Å². The molecule has 0 bridgehead atoms. The zero-order valence-corrected chi connectivity index (χ0v) is 15.6. The van der Waals surface area contributed by atoms with E-state index in [9.17, 15) is 4.79 Å². The first-order valence-corrected chi connectivity index (χ1v) is 10.0. The van der Waals surface area contributed by atoms with Crippen LogP contribution >= 0.6 is 23.1 Å². The van der Waals surface area contributed by atoms with E-state index < -0.39 is 0 Å². The van der Waals surface area contributed by atoms with Crippen molar-refractivity contribution < 1.29 is 4.79 Å². The number of amides is 1. The normalized spacial score (nSPS) is 14.8. The van der Waals surface area contributed by atoms with Crippen molar-refractivity contribution in [2.75, 3.05) is 11.1 Å². The Bertz CT molecular complexity index is 710. The molecular formula is C17H22N4OS2. The van der Waals surface area contributed by atoms with Gasteiger partial charge >= 0.3 is 0 Å². The Morgan fingerprint density at radius 2 is 2.08 bits per heavy atom. The van der Waals surface area contributed by atoms with Gasteiger partial charge in [-0.1, -0.05) is 53.6 Å². The summed E-state index contributed by atoms with van der Waals surface area (Å²) in [6.45, 7) is 4.15. The molecule has 1 aliphatic carbocycles. The van der Waals surface area contributed by atoms with Gasteiger partial charge in [-0.25, -0.2) is 0 Å². The molecule has 1 aliphatic rings. The third kappa shape index (κ3) is 4.70. The molecule has 0 radical (unpaired) electrons. The molecule has 0 spiro atoms. The fraction of sp³-hybridized carbons (Fsp3) is 0.471. The number of hydrogen-bond donors (Lipinski definition) is 2. The number of benzene rings is 1. The van der Waals surface area contributed by atoms with Crippen LogP contribution in [0.5, 0.6) is 0 Å². The average molecular weight is 363 g/mol. The van der Waals surface area contributed by atoms with Gasteiger partial charge in [-0.2, -0.15) is 0 Å². The predicted molar refractivity (Wildman–Crippen MR) is 100 cm³/mol. The molecule has 128 valence electrons. The van der Waals surface area contributed by atoms with Gasteiger partial charge in [0, 0.05) is 11.7 Å². The number of aryl methyl sites for hydroxylation is 2. The minimum atomic E-state index is 0.0889. The number of rotatable bonds is 6. The zero-order chi connectivity index (χ0) is 16.9. The van der Waals surface area contributed by atoms with Crippen molar-refractivity contribution in [1.82, 2.24) is 15.5 Å². The number of nitrogens with one attached hydrogen (secondary N) is 2. The topological polar surface area (TPSA) is 66.9 Å². The molecule has 2 aromatic rings. The summed E-state index contributed by atoms with van der Waals surface area (Å²) in [5.74, 6) is 0.486. The van der Waals surface area contributed by atoms with Gasteiger partial charge < -0.3 is 10.6 Å². The van der Waals surface area contributed by atoms with Crippen LogP contribution in [-0.2, 0) is 4.79 Å². The Morgan fingerprint density at radius 3 is 2.83 bits per heavy atom. The van der Waals surface area contributed by atoms with E-state index in [1.54, 1.807) is 0 Å². The summed E-state index contributed by atoms with van der Waals surface area (Å²) in [5.41, 5.74) is 3.45. The van der Waals surface area contributed by atoms with Crippen LogP contribution in [0.15, 0.2) is 22.5 Å². The quantitative estimate of drug-likeness (QED) is 0.759. The van der Waals surface area contributed by atoms with Gasteiger partial charge in [0.25, 0.3) is 0 Å². The molecular weight excluding hydrogens is 340 g/mol. The molecule has 0 atom stereocenters. The second kappa shape index (κ2) is 7.98. The van der Waals surface area contributed by atoms with Crippen LogP contribution in [0.25, 0.3) is 0 Å². The number of thioether (sulfide) groups is 1. The number of aromatic nitrogens is 2. The Balaban J connectivity index is 1.50. The van der Waals surface area contributed by atoms with Crippen molar-refractivity contribution in [2.45, 2.75) is 49.9 Å². The first-order chi connectivity index (χ1) is 11.6. The van der Waals surface area contributed by atoms with Gasteiger partial charge in [0.2, 0.25) is 11.0 Å². The SMILES string of the molecule is Cc1ccc(Nc2nnc(SCC(=O)NC3CCCC3)s2)c(C)c1. The average Bonchev–Trinajstić information content (AvgIpc) is 3.20. The van der Waals surface area contributed by atoms with Crippen LogP contribution in [0.4, 0.5) is 10.8 Å². The van der Waals surface area contributed by atoms with E-state index in [2.05, 4.69) is 46.8 Å². The van der Waals surface area contributed by atoms with Crippen LogP contribution in [0, 0.1) is 13.8 Å². The van der Waals surface area contributed by atoms with Gasteiger partial charge in [0.1, 0.15) is 0 Å².